The summed E-state index contributed by atoms with van der Waals surface area (Å²) in [6.45, 7) is 3.20. The molecule has 19 heavy (non-hydrogen) atoms. The third-order valence-electron chi connectivity index (χ3n) is 4.35. The quantitative estimate of drug-likeness (QED) is 0.784. The number of aryl methyl sites for hydroxylation is 2. The minimum Gasteiger partial charge on any atom is -0.378 e. The fourth-order valence-electron chi connectivity index (χ4n) is 3.02. The van der Waals surface area contributed by atoms with Gasteiger partial charge in [-0.2, -0.15) is 5.10 Å². The van der Waals surface area contributed by atoms with E-state index in [1.165, 1.54) is 24.8 Å². The van der Waals surface area contributed by atoms with Gasteiger partial charge in [0.05, 0.1) is 11.8 Å². The maximum Gasteiger partial charge on any atom is 0.0693 e. The van der Waals surface area contributed by atoms with Crippen molar-refractivity contribution >= 4 is 0 Å². The van der Waals surface area contributed by atoms with Gasteiger partial charge in [0.25, 0.3) is 0 Å². The second-order valence-electron chi connectivity index (χ2n) is 5.76. The highest BCUT2D eigenvalue weighted by atomic mass is 16.5. The molecular weight excluding hydrogens is 238 g/mol. The topological polar surface area (TPSA) is 39.1 Å². The normalized spacial score (nSPS) is 19.1. The lowest BCUT2D eigenvalue weighted by Crippen LogP contribution is -2.46. The van der Waals surface area contributed by atoms with E-state index in [4.69, 9.17) is 4.74 Å². The Labute approximate surface area is 116 Å². The molecule has 1 atom stereocenters. The van der Waals surface area contributed by atoms with Gasteiger partial charge >= 0.3 is 0 Å². The molecular formula is C15H27N3O. The first-order chi connectivity index (χ1) is 9.17. The zero-order chi connectivity index (χ0) is 13.7. The van der Waals surface area contributed by atoms with Crippen molar-refractivity contribution in [1.82, 2.24) is 15.1 Å². The zero-order valence-electron chi connectivity index (χ0n) is 12.5. The lowest BCUT2D eigenvalue weighted by Gasteiger charge is -2.43. The van der Waals surface area contributed by atoms with Crippen LogP contribution in [0.1, 0.15) is 44.6 Å². The van der Waals surface area contributed by atoms with Gasteiger partial charge in [-0.3, -0.25) is 4.68 Å². The van der Waals surface area contributed by atoms with Crippen molar-refractivity contribution in [2.45, 2.75) is 57.1 Å². The van der Waals surface area contributed by atoms with Crippen LogP contribution in [-0.2, 0) is 18.2 Å². The maximum atomic E-state index is 5.75. The molecule has 0 amide bonds. The molecule has 1 N–H and O–H groups in total. The van der Waals surface area contributed by atoms with Gasteiger partial charge in [-0.15, -0.1) is 0 Å². The van der Waals surface area contributed by atoms with Gasteiger partial charge < -0.3 is 10.1 Å². The minimum absolute atomic E-state index is 0.155. The molecule has 0 radical (unpaired) electrons. The van der Waals surface area contributed by atoms with Crippen molar-refractivity contribution in [2.75, 3.05) is 13.7 Å². The Balaban J connectivity index is 1.85. The number of nitrogens with zero attached hydrogens (tertiary/aromatic N) is 2. The van der Waals surface area contributed by atoms with Crippen LogP contribution in [0.5, 0.6) is 0 Å². The largest absolute Gasteiger partial charge is 0.378 e. The molecule has 1 aliphatic carbocycles. The van der Waals surface area contributed by atoms with Gasteiger partial charge in [-0.1, -0.05) is 6.92 Å². The van der Waals surface area contributed by atoms with Crippen LogP contribution in [0.15, 0.2) is 12.4 Å². The fourth-order valence-corrected chi connectivity index (χ4v) is 3.02. The van der Waals surface area contributed by atoms with Crippen molar-refractivity contribution in [3.63, 3.8) is 0 Å². The number of nitrogens with one attached hydrogen (secondary N) is 1. The zero-order valence-corrected chi connectivity index (χ0v) is 12.5. The van der Waals surface area contributed by atoms with E-state index in [1.54, 1.807) is 0 Å². The highest BCUT2D eigenvalue weighted by Gasteiger charge is 2.38. The van der Waals surface area contributed by atoms with Crippen molar-refractivity contribution < 1.29 is 4.74 Å². The molecule has 1 unspecified atom stereocenters. The van der Waals surface area contributed by atoms with Crippen molar-refractivity contribution in [1.29, 1.82) is 0 Å². The van der Waals surface area contributed by atoms with Gasteiger partial charge in [0, 0.05) is 26.4 Å². The van der Waals surface area contributed by atoms with Crippen LogP contribution in [0.25, 0.3) is 0 Å². The van der Waals surface area contributed by atoms with E-state index in [-0.39, 0.29) is 5.60 Å². The first-order valence-electron chi connectivity index (χ1n) is 7.43. The molecule has 0 aliphatic heterocycles. The monoisotopic (exact) mass is 265 g/mol. The highest BCUT2D eigenvalue weighted by molar-refractivity contribution is 5.04. The maximum absolute atomic E-state index is 5.75. The van der Waals surface area contributed by atoms with Crippen LogP contribution < -0.4 is 5.32 Å². The minimum atomic E-state index is 0.155. The van der Waals surface area contributed by atoms with E-state index in [0.29, 0.717) is 6.04 Å². The smallest absolute Gasteiger partial charge is 0.0693 e. The number of ether oxygens (including phenoxy) is 1. The average Bonchev–Trinajstić information content (AvgIpc) is 2.76. The molecule has 1 fully saturated rings. The third kappa shape index (κ3) is 3.80. The Bertz CT molecular complexity index is 379. The molecule has 0 saturated heterocycles. The first-order valence-corrected chi connectivity index (χ1v) is 7.43. The van der Waals surface area contributed by atoms with Gasteiger partial charge in [0.2, 0.25) is 0 Å². The van der Waals surface area contributed by atoms with Crippen molar-refractivity contribution in [2.24, 2.45) is 7.05 Å². The molecule has 0 aromatic carbocycles. The number of hydrogen-bond acceptors (Lipinski definition) is 3. The van der Waals surface area contributed by atoms with Crippen LogP contribution in [0, 0.1) is 0 Å². The number of methoxy groups -OCH3 is 1. The number of rotatable bonds is 8. The van der Waals surface area contributed by atoms with Gasteiger partial charge in [-0.05, 0) is 50.6 Å². The van der Waals surface area contributed by atoms with Gasteiger partial charge in [-0.25, -0.2) is 0 Å². The summed E-state index contributed by atoms with van der Waals surface area (Å²) in [5, 5.41) is 7.84. The van der Waals surface area contributed by atoms with Crippen LogP contribution in [0.4, 0.5) is 0 Å². The standard InChI is InChI=1S/C15H27N3O/c1-4-16-14(10-15(19-3)8-5-9-15)7-6-13-11-17-18(2)12-13/h11-12,14,16H,4-10H2,1-3H3. The van der Waals surface area contributed by atoms with Crippen molar-refractivity contribution in [3.05, 3.63) is 18.0 Å². The molecule has 1 saturated carbocycles. The molecule has 1 heterocycles. The fraction of sp³-hybridized carbons (Fsp3) is 0.800. The van der Waals surface area contributed by atoms with Crippen LogP contribution in [-0.4, -0.2) is 35.1 Å². The molecule has 4 nitrogen and oxygen atoms in total. The molecule has 2 rings (SSSR count). The van der Waals surface area contributed by atoms with E-state index in [0.717, 1.165) is 25.8 Å². The number of aromatic nitrogens is 2. The first kappa shape index (κ1) is 14.5. The summed E-state index contributed by atoms with van der Waals surface area (Å²) in [6, 6.07) is 0.547. The van der Waals surface area contributed by atoms with Crippen LogP contribution in [0.2, 0.25) is 0 Å². The Kier molecular flexibility index (Phi) is 4.99. The molecule has 1 aromatic heterocycles. The summed E-state index contributed by atoms with van der Waals surface area (Å²) in [6.07, 6.45) is 11.2. The molecule has 4 heteroatoms. The van der Waals surface area contributed by atoms with E-state index >= 15 is 0 Å². The average molecular weight is 265 g/mol. The van der Waals surface area contributed by atoms with Crippen LogP contribution >= 0.6 is 0 Å². The SMILES string of the molecule is CCNC(CCc1cnn(C)c1)CC1(OC)CCC1. The highest BCUT2D eigenvalue weighted by Crippen LogP contribution is 2.39. The molecule has 0 spiro atoms. The molecule has 108 valence electrons. The number of hydrogen-bond donors (Lipinski definition) is 1. The van der Waals surface area contributed by atoms with E-state index < -0.39 is 0 Å². The van der Waals surface area contributed by atoms with Gasteiger partial charge in [0.15, 0.2) is 0 Å². The Hall–Kier alpha value is -0.870. The third-order valence-corrected chi connectivity index (χ3v) is 4.35. The Morgan fingerprint density at radius 3 is 2.79 bits per heavy atom. The molecule has 0 bridgehead atoms. The lowest BCUT2D eigenvalue weighted by molar-refractivity contribution is -0.0837. The Morgan fingerprint density at radius 1 is 1.53 bits per heavy atom. The molecule has 1 aromatic rings. The Morgan fingerprint density at radius 2 is 2.32 bits per heavy atom. The second-order valence-corrected chi connectivity index (χ2v) is 5.76. The lowest BCUT2D eigenvalue weighted by atomic mass is 9.75. The van der Waals surface area contributed by atoms with Gasteiger partial charge in [0.1, 0.15) is 0 Å². The second kappa shape index (κ2) is 6.53. The summed E-state index contributed by atoms with van der Waals surface area (Å²) >= 11 is 0. The summed E-state index contributed by atoms with van der Waals surface area (Å²) in [7, 11) is 3.84. The van der Waals surface area contributed by atoms with Crippen LogP contribution in [0.3, 0.4) is 0 Å². The summed E-state index contributed by atoms with van der Waals surface area (Å²) in [5.41, 5.74) is 1.48. The predicted molar refractivity (Wildman–Crippen MR) is 77.2 cm³/mol. The van der Waals surface area contributed by atoms with Crippen molar-refractivity contribution in [3.8, 4) is 0 Å². The summed E-state index contributed by atoms with van der Waals surface area (Å²) in [5.74, 6) is 0. The van der Waals surface area contributed by atoms with E-state index in [2.05, 4.69) is 23.5 Å². The van der Waals surface area contributed by atoms with E-state index in [9.17, 15) is 0 Å². The predicted octanol–water partition coefficient (Wildman–Crippen LogP) is 2.29. The van der Waals surface area contributed by atoms with E-state index in [1.807, 2.05) is 25.0 Å². The molecule has 1 aliphatic rings. The summed E-state index contributed by atoms with van der Waals surface area (Å²) in [4.78, 5) is 0. The summed E-state index contributed by atoms with van der Waals surface area (Å²) < 4.78 is 7.63.